The minimum atomic E-state index is 0.435. The third-order valence-electron chi connectivity index (χ3n) is 3.50. The van der Waals surface area contributed by atoms with E-state index < -0.39 is 0 Å². The Morgan fingerprint density at radius 3 is 2.83 bits per heavy atom. The predicted octanol–water partition coefficient (Wildman–Crippen LogP) is 4.08. The first-order valence-corrected chi connectivity index (χ1v) is 6.87. The number of pyridine rings is 1. The summed E-state index contributed by atoms with van der Waals surface area (Å²) in [6, 6.07) is 11.0. The summed E-state index contributed by atoms with van der Waals surface area (Å²) in [6.45, 7) is 2.25. The highest BCUT2D eigenvalue weighted by Crippen LogP contribution is 2.26. The van der Waals surface area contributed by atoms with Gasteiger partial charge in [-0.15, -0.1) is 0 Å². The predicted molar refractivity (Wildman–Crippen MR) is 77.7 cm³/mol. The Bertz CT molecular complexity index is 488. The Kier molecular flexibility index (Phi) is 4.71. The second-order valence-corrected chi connectivity index (χ2v) is 4.75. The van der Waals surface area contributed by atoms with E-state index in [-0.39, 0.29) is 0 Å². The summed E-state index contributed by atoms with van der Waals surface area (Å²) >= 11 is 0. The van der Waals surface area contributed by atoms with Crippen LogP contribution in [0.1, 0.15) is 44.2 Å². The molecule has 0 saturated heterocycles. The van der Waals surface area contributed by atoms with Gasteiger partial charge in [-0.2, -0.15) is 0 Å². The van der Waals surface area contributed by atoms with Gasteiger partial charge in [0, 0.05) is 17.6 Å². The van der Waals surface area contributed by atoms with Crippen molar-refractivity contribution in [2.75, 3.05) is 7.05 Å². The number of rotatable bonds is 6. The fourth-order valence-corrected chi connectivity index (χ4v) is 2.48. The van der Waals surface area contributed by atoms with Crippen LogP contribution >= 0.6 is 0 Å². The third-order valence-corrected chi connectivity index (χ3v) is 3.50. The fourth-order valence-electron chi connectivity index (χ4n) is 2.48. The Morgan fingerprint density at radius 1 is 1.17 bits per heavy atom. The standard InChI is InChI=1S/C16H22N2/c1-3-4-5-10-15(17-2)13-8-6-11-16-14(13)9-7-12-18-16/h6-9,11-12,15,17H,3-5,10H2,1-2H3. The van der Waals surface area contributed by atoms with Gasteiger partial charge in [0.1, 0.15) is 0 Å². The van der Waals surface area contributed by atoms with Gasteiger partial charge in [0.25, 0.3) is 0 Å². The van der Waals surface area contributed by atoms with E-state index in [1.54, 1.807) is 0 Å². The Hall–Kier alpha value is -1.41. The number of fused-ring (bicyclic) bond motifs is 1. The minimum absolute atomic E-state index is 0.435. The maximum absolute atomic E-state index is 4.43. The van der Waals surface area contributed by atoms with E-state index in [0.717, 1.165) is 5.52 Å². The fraction of sp³-hybridized carbons (Fsp3) is 0.438. The average Bonchev–Trinajstić information content (AvgIpc) is 2.43. The van der Waals surface area contributed by atoms with Crippen molar-refractivity contribution >= 4 is 10.9 Å². The molecule has 0 spiro atoms. The van der Waals surface area contributed by atoms with E-state index >= 15 is 0 Å². The molecule has 18 heavy (non-hydrogen) atoms. The van der Waals surface area contributed by atoms with Gasteiger partial charge in [-0.3, -0.25) is 4.98 Å². The highest BCUT2D eigenvalue weighted by atomic mass is 14.9. The molecule has 1 unspecified atom stereocenters. The third kappa shape index (κ3) is 2.88. The highest BCUT2D eigenvalue weighted by Gasteiger charge is 2.11. The van der Waals surface area contributed by atoms with Crippen LogP contribution < -0.4 is 5.32 Å². The van der Waals surface area contributed by atoms with Crippen LogP contribution in [0.5, 0.6) is 0 Å². The lowest BCUT2D eigenvalue weighted by molar-refractivity contribution is 0.514. The second-order valence-electron chi connectivity index (χ2n) is 4.75. The van der Waals surface area contributed by atoms with Crippen molar-refractivity contribution in [1.82, 2.24) is 10.3 Å². The Balaban J connectivity index is 2.27. The normalized spacial score (nSPS) is 12.8. The molecule has 2 nitrogen and oxygen atoms in total. The highest BCUT2D eigenvalue weighted by molar-refractivity contribution is 5.82. The Morgan fingerprint density at radius 2 is 2.06 bits per heavy atom. The van der Waals surface area contributed by atoms with Crippen LogP contribution in [0, 0.1) is 0 Å². The molecule has 1 atom stereocenters. The van der Waals surface area contributed by atoms with Gasteiger partial charge in [-0.05, 0) is 31.2 Å². The zero-order chi connectivity index (χ0) is 12.8. The van der Waals surface area contributed by atoms with Crippen molar-refractivity contribution in [2.24, 2.45) is 0 Å². The molecule has 0 aliphatic carbocycles. The number of aromatic nitrogens is 1. The lowest BCUT2D eigenvalue weighted by Crippen LogP contribution is -2.16. The van der Waals surface area contributed by atoms with Crippen molar-refractivity contribution < 1.29 is 0 Å². The molecule has 2 aromatic rings. The monoisotopic (exact) mass is 242 g/mol. The maximum atomic E-state index is 4.43. The van der Waals surface area contributed by atoms with Crippen LogP contribution in [0.15, 0.2) is 36.5 Å². The van der Waals surface area contributed by atoms with Gasteiger partial charge < -0.3 is 5.32 Å². The van der Waals surface area contributed by atoms with E-state index in [2.05, 4.69) is 41.5 Å². The summed E-state index contributed by atoms with van der Waals surface area (Å²) in [7, 11) is 2.05. The van der Waals surface area contributed by atoms with Crippen molar-refractivity contribution in [3.63, 3.8) is 0 Å². The molecule has 1 heterocycles. The van der Waals surface area contributed by atoms with Gasteiger partial charge >= 0.3 is 0 Å². The van der Waals surface area contributed by atoms with Crippen LogP contribution in [-0.4, -0.2) is 12.0 Å². The van der Waals surface area contributed by atoms with E-state index in [1.165, 1.54) is 36.6 Å². The van der Waals surface area contributed by atoms with Gasteiger partial charge in [-0.25, -0.2) is 0 Å². The molecule has 1 aromatic carbocycles. The summed E-state index contributed by atoms with van der Waals surface area (Å²) in [5, 5.41) is 4.72. The van der Waals surface area contributed by atoms with Crippen molar-refractivity contribution in [3.8, 4) is 0 Å². The molecule has 96 valence electrons. The molecule has 0 aliphatic rings. The number of nitrogens with zero attached hydrogens (tertiary/aromatic N) is 1. The molecular weight excluding hydrogens is 220 g/mol. The summed E-state index contributed by atoms with van der Waals surface area (Å²) < 4.78 is 0. The van der Waals surface area contributed by atoms with Gasteiger partial charge in [-0.1, -0.05) is 44.4 Å². The first-order valence-electron chi connectivity index (χ1n) is 6.87. The van der Waals surface area contributed by atoms with E-state index in [0.29, 0.717) is 6.04 Å². The average molecular weight is 242 g/mol. The molecule has 0 amide bonds. The second kappa shape index (κ2) is 6.50. The van der Waals surface area contributed by atoms with Crippen LogP contribution in [0.25, 0.3) is 10.9 Å². The van der Waals surface area contributed by atoms with Crippen molar-refractivity contribution in [2.45, 2.75) is 38.6 Å². The van der Waals surface area contributed by atoms with E-state index in [1.807, 2.05) is 19.3 Å². The lowest BCUT2D eigenvalue weighted by Gasteiger charge is -2.18. The van der Waals surface area contributed by atoms with Gasteiger partial charge in [0.15, 0.2) is 0 Å². The summed E-state index contributed by atoms with van der Waals surface area (Å²) in [5.74, 6) is 0. The van der Waals surface area contributed by atoms with E-state index in [4.69, 9.17) is 0 Å². The topological polar surface area (TPSA) is 24.9 Å². The molecule has 2 heteroatoms. The van der Waals surface area contributed by atoms with Gasteiger partial charge in [0.05, 0.1) is 5.52 Å². The molecule has 0 saturated carbocycles. The molecule has 0 bridgehead atoms. The summed E-state index contributed by atoms with van der Waals surface area (Å²) in [5.41, 5.74) is 2.46. The largest absolute Gasteiger partial charge is 0.313 e. The Labute approximate surface area is 109 Å². The summed E-state index contributed by atoms with van der Waals surface area (Å²) in [6.07, 6.45) is 6.91. The number of hydrogen-bond acceptors (Lipinski definition) is 2. The summed E-state index contributed by atoms with van der Waals surface area (Å²) in [4.78, 5) is 4.43. The van der Waals surface area contributed by atoms with Crippen molar-refractivity contribution in [1.29, 1.82) is 0 Å². The van der Waals surface area contributed by atoms with Crippen molar-refractivity contribution in [3.05, 3.63) is 42.1 Å². The number of benzene rings is 1. The number of unbranched alkanes of at least 4 members (excludes halogenated alkanes) is 2. The number of nitrogens with one attached hydrogen (secondary N) is 1. The number of hydrogen-bond donors (Lipinski definition) is 1. The lowest BCUT2D eigenvalue weighted by atomic mass is 9.97. The zero-order valence-corrected chi connectivity index (χ0v) is 11.3. The first-order chi connectivity index (χ1) is 8.86. The minimum Gasteiger partial charge on any atom is -0.313 e. The quantitative estimate of drug-likeness (QED) is 0.772. The molecule has 0 aliphatic heterocycles. The zero-order valence-electron chi connectivity index (χ0n) is 11.3. The smallest absolute Gasteiger partial charge is 0.0705 e. The molecule has 0 fully saturated rings. The van der Waals surface area contributed by atoms with Crippen LogP contribution in [-0.2, 0) is 0 Å². The first kappa shape index (κ1) is 13.0. The molecule has 2 rings (SSSR count). The maximum Gasteiger partial charge on any atom is 0.0705 e. The van der Waals surface area contributed by atoms with Crippen LogP contribution in [0.3, 0.4) is 0 Å². The van der Waals surface area contributed by atoms with E-state index in [9.17, 15) is 0 Å². The van der Waals surface area contributed by atoms with Crippen LogP contribution in [0.4, 0.5) is 0 Å². The van der Waals surface area contributed by atoms with Crippen LogP contribution in [0.2, 0.25) is 0 Å². The molecule has 1 N–H and O–H groups in total. The SMILES string of the molecule is CCCCCC(NC)c1cccc2ncccc12. The molecule has 0 radical (unpaired) electrons. The van der Waals surface area contributed by atoms with Gasteiger partial charge in [0.2, 0.25) is 0 Å². The molecular formula is C16H22N2. The molecule has 1 aromatic heterocycles.